The lowest BCUT2D eigenvalue weighted by Gasteiger charge is -2.11. The van der Waals surface area contributed by atoms with Crippen LogP contribution in [0, 0.1) is 11.3 Å². The summed E-state index contributed by atoms with van der Waals surface area (Å²) in [5.74, 6) is 1.16. The van der Waals surface area contributed by atoms with Crippen molar-refractivity contribution in [1.29, 1.82) is 5.26 Å². The number of hydrogen-bond donors (Lipinski definition) is 2. The molecule has 1 aromatic heterocycles. The van der Waals surface area contributed by atoms with Crippen molar-refractivity contribution in [2.24, 2.45) is 0 Å². The molecule has 6 nitrogen and oxygen atoms in total. The molecule has 7 heteroatoms. The number of aromatic nitrogens is 3. The van der Waals surface area contributed by atoms with E-state index in [9.17, 15) is 5.11 Å². The first-order valence-corrected chi connectivity index (χ1v) is 7.02. The average Bonchev–Trinajstić information content (AvgIpc) is 2.98. The van der Waals surface area contributed by atoms with Gasteiger partial charge in [-0.3, -0.25) is 0 Å². The maximum atomic E-state index is 9.80. The number of aliphatic hydroxyl groups excluding tert-OH is 1. The molecule has 0 aliphatic heterocycles. The van der Waals surface area contributed by atoms with Crippen molar-refractivity contribution in [2.75, 3.05) is 12.4 Å². The Hall–Kier alpha value is -2.04. The standard InChI is InChI=1S/C13H14N4O2S/c14-6-5-10-1-3-12(4-2-10)19-8-11(18)9-20-13-7-15-17-16-13/h1-4,7,11,18H,5,8-9H2,(H,15,16,17)/t11-/m0/s1. The second-order valence-electron chi connectivity index (χ2n) is 4.06. The molecule has 20 heavy (non-hydrogen) atoms. The number of ether oxygens (including phenoxy) is 1. The fourth-order valence-electron chi connectivity index (χ4n) is 1.48. The molecule has 0 aliphatic rings. The lowest BCUT2D eigenvalue weighted by Crippen LogP contribution is -2.20. The fourth-order valence-corrected chi connectivity index (χ4v) is 2.17. The molecule has 0 saturated carbocycles. The normalized spacial score (nSPS) is 11.8. The maximum absolute atomic E-state index is 9.80. The number of hydrogen-bond acceptors (Lipinski definition) is 6. The van der Waals surface area contributed by atoms with Crippen LogP contribution in [0.2, 0.25) is 0 Å². The predicted molar refractivity (Wildman–Crippen MR) is 74.4 cm³/mol. The van der Waals surface area contributed by atoms with Gasteiger partial charge in [-0.05, 0) is 17.7 Å². The van der Waals surface area contributed by atoms with Crippen molar-refractivity contribution in [1.82, 2.24) is 15.4 Å². The van der Waals surface area contributed by atoms with Gasteiger partial charge in [0.25, 0.3) is 0 Å². The molecule has 0 spiro atoms. The number of nitriles is 1. The number of aromatic amines is 1. The fraction of sp³-hybridized carbons (Fsp3) is 0.308. The molecule has 0 radical (unpaired) electrons. The third-order valence-electron chi connectivity index (χ3n) is 2.47. The Morgan fingerprint density at radius 2 is 2.20 bits per heavy atom. The molecular weight excluding hydrogens is 276 g/mol. The number of nitrogens with one attached hydrogen (secondary N) is 1. The van der Waals surface area contributed by atoms with Gasteiger partial charge in [-0.25, -0.2) is 0 Å². The predicted octanol–water partition coefficient (Wildman–Crippen LogP) is 1.40. The molecule has 0 amide bonds. The van der Waals surface area contributed by atoms with E-state index in [4.69, 9.17) is 10.00 Å². The van der Waals surface area contributed by atoms with Crippen LogP contribution < -0.4 is 4.74 Å². The maximum Gasteiger partial charge on any atom is 0.138 e. The SMILES string of the molecule is N#CCc1ccc(OC[C@H](O)CSc2cn[nH]n2)cc1. The van der Waals surface area contributed by atoms with Crippen LogP contribution in [0.25, 0.3) is 0 Å². The van der Waals surface area contributed by atoms with Gasteiger partial charge in [-0.15, -0.1) is 16.9 Å². The van der Waals surface area contributed by atoms with E-state index in [1.807, 2.05) is 12.1 Å². The van der Waals surface area contributed by atoms with Crippen LogP contribution in [-0.2, 0) is 6.42 Å². The molecule has 1 atom stereocenters. The smallest absolute Gasteiger partial charge is 0.138 e. The van der Waals surface area contributed by atoms with Gasteiger partial charge in [0.2, 0.25) is 0 Å². The molecule has 104 valence electrons. The lowest BCUT2D eigenvalue weighted by atomic mass is 10.2. The van der Waals surface area contributed by atoms with E-state index >= 15 is 0 Å². The highest BCUT2D eigenvalue weighted by atomic mass is 32.2. The van der Waals surface area contributed by atoms with Gasteiger partial charge in [0.1, 0.15) is 17.4 Å². The average molecular weight is 290 g/mol. The number of aliphatic hydroxyl groups is 1. The van der Waals surface area contributed by atoms with E-state index in [0.717, 1.165) is 10.6 Å². The molecule has 2 rings (SSSR count). The van der Waals surface area contributed by atoms with Crippen LogP contribution in [0.3, 0.4) is 0 Å². The van der Waals surface area contributed by atoms with Gasteiger partial charge in [-0.2, -0.15) is 15.6 Å². The molecule has 0 aliphatic carbocycles. The Morgan fingerprint density at radius 3 is 2.85 bits per heavy atom. The van der Waals surface area contributed by atoms with Crippen LogP contribution in [0.5, 0.6) is 5.75 Å². The molecule has 1 aromatic carbocycles. The Bertz CT molecular complexity index is 551. The summed E-state index contributed by atoms with van der Waals surface area (Å²) in [6, 6.07) is 9.36. The van der Waals surface area contributed by atoms with E-state index in [1.54, 1.807) is 18.3 Å². The summed E-state index contributed by atoms with van der Waals surface area (Å²) in [6.45, 7) is 0.211. The minimum absolute atomic E-state index is 0.211. The summed E-state index contributed by atoms with van der Waals surface area (Å²) in [5.41, 5.74) is 0.946. The zero-order valence-electron chi connectivity index (χ0n) is 10.7. The summed E-state index contributed by atoms with van der Waals surface area (Å²) >= 11 is 1.41. The highest BCUT2D eigenvalue weighted by Crippen LogP contribution is 2.16. The van der Waals surface area contributed by atoms with Gasteiger partial charge in [0.05, 0.1) is 24.8 Å². The Labute approximate surface area is 120 Å². The minimum atomic E-state index is -0.588. The van der Waals surface area contributed by atoms with Crippen molar-refractivity contribution >= 4 is 11.8 Å². The first-order valence-electron chi connectivity index (χ1n) is 6.03. The van der Waals surface area contributed by atoms with Gasteiger partial charge < -0.3 is 9.84 Å². The number of benzene rings is 1. The highest BCUT2D eigenvalue weighted by molar-refractivity contribution is 7.99. The summed E-state index contributed by atoms with van der Waals surface area (Å²) in [4.78, 5) is 0. The Kier molecular flexibility index (Phi) is 5.41. The zero-order chi connectivity index (χ0) is 14.2. The summed E-state index contributed by atoms with van der Waals surface area (Å²) in [6.07, 6.45) is 1.40. The summed E-state index contributed by atoms with van der Waals surface area (Å²) < 4.78 is 5.48. The molecule has 0 fully saturated rings. The monoisotopic (exact) mass is 290 g/mol. The van der Waals surface area contributed by atoms with Crippen LogP contribution in [0.15, 0.2) is 35.5 Å². The van der Waals surface area contributed by atoms with E-state index in [-0.39, 0.29) is 6.61 Å². The van der Waals surface area contributed by atoms with Crippen molar-refractivity contribution in [3.8, 4) is 11.8 Å². The summed E-state index contributed by atoms with van der Waals surface area (Å²) in [7, 11) is 0. The number of H-pyrrole nitrogens is 1. The van der Waals surface area contributed by atoms with Gasteiger partial charge >= 0.3 is 0 Å². The summed E-state index contributed by atoms with van der Waals surface area (Å²) in [5, 5.41) is 29.2. The van der Waals surface area contributed by atoms with Crippen LogP contribution in [-0.4, -0.2) is 39.0 Å². The van der Waals surface area contributed by atoms with Crippen molar-refractivity contribution < 1.29 is 9.84 Å². The van der Waals surface area contributed by atoms with Crippen molar-refractivity contribution in [2.45, 2.75) is 17.6 Å². The second-order valence-corrected chi connectivity index (χ2v) is 5.10. The molecule has 2 N–H and O–H groups in total. The third kappa shape index (κ3) is 4.57. The zero-order valence-corrected chi connectivity index (χ0v) is 11.5. The number of thioether (sulfide) groups is 1. The van der Waals surface area contributed by atoms with Crippen LogP contribution >= 0.6 is 11.8 Å². The Balaban J connectivity index is 1.72. The van der Waals surface area contributed by atoms with E-state index in [0.29, 0.717) is 17.9 Å². The van der Waals surface area contributed by atoms with E-state index < -0.39 is 6.10 Å². The molecule has 0 saturated heterocycles. The van der Waals surface area contributed by atoms with Crippen LogP contribution in [0.1, 0.15) is 5.56 Å². The number of rotatable bonds is 7. The first kappa shape index (κ1) is 14.4. The van der Waals surface area contributed by atoms with E-state index in [2.05, 4.69) is 21.5 Å². The van der Waals surface area contributed by atoms with E-state index in [1.165, 1.54) is 11.8 Å². The van der Waals surface area contributed by atoms with Crippen molar-refractivity contribution in [3.05, 3.63) is 36.0 Å². The highest BCUT2D eigenvalue weighted by Gasteiger charge is 2.07. The first-order chi connectivity index (χ1) is 9.78. The molecule has 0 bridgehead atoms. The molecule has 0 unspecified atom stereocenters. The van der Waals surface area contributed by atoms with Gasteiger partial charge in [0, 0.05) is 5.75 Å². The van der Waals surface area contributed by atoms with Gasteiger partial charge in [-0.1, -0.05) is 12.1 Å². The van der Waals surface area contributed by atoms with Crippen molar-refractivity contribution in [3.63, 3.8) is 0 Å². The minimum Gasteiger partial charge on any atom is -0.491 e. The third-order valence-corrected chi connectivity index (χ3v) is 3.51. The molecule has 2 aromatic rings. The lowest BCUT2D eigenvalue weighted by molar-refractivity contribution is 0.126. The quantitative estimate of drug-likeness (QED) is 0.748. The van der Waals surface area contributed by atoms with Gasteiger partial charge in [0.15, 0.2) is 0 Å². The number of nitrogens with zero attached hydrogens (tertiary/aromatic N) is 3. The topological polar surface area (TPSA) is 94.8 Å². The second kappa shape index (κ2) is 7.53. The largest absolute Gasteiger partial charge is 0.491 e. The molecular formula is C13H14N4O2S. The molecule has 1 heterocycles. The van der Waals surface area contributed by atoms with Crippen LogP contribution in [0.4, 0.5) is 0 Å². The Morgan fingerprint density at radius 1 is 1.40 bits per heavy atom.